The van der Waals surface area contributed by atoms with Crippen LogP contribution in [0.1, 0.15) is 26.8 Å². The van der Waals surface area contributed by atoms with Gasteiger partial charge in [0.15, 0.2) is 0 Å². The molecule has 0 aliphatic heterocycles. The Hall–Kier alpha value is -0.880. The molecule has 80 valence electrons. The molecule has 6 heteroatoms. The number of nitrogens with zero attached hydrogens (tertiary/aromatic N) is 2. The van der Waals surface area contributed by atoms with E-state index in [9.17, 15) is 8.42 Å². The summed E-state index contributed by atoms with van der Waals surface area (Å²) in [5.41, 5.74) is 0. The molecular weight excluding hydrogens is 202 g/mol. The Bertz CT molecular complexity index is 394. The minimum Gasteiger partial charge on any atom is -0.269 e. The molecule has 14 heavy (non-hydrogen) atoms. The number of nitrogens with one attached hydrogen (secondary N) is 1. The SMILES string of the molecule is CCNS(=O)(=O)c1cnn(C(C)C)c1. The van der Waals surface area contributed by atoms with E-state index in [0.717, 1.165) is 0 Å². The number of aromatic nitrogens is 2. The average Bonchev–Trinajstić information content (AvgIpc) is 2.51. The van der Waals surface area contributed by atoms with E-state index in [1.165, 1.54) is 12.4 Å². The minimum atomic E-state index is -3.36. The number of hydrogen-bond donors (Lipinski definition) is 1. The van der Waals surface area contributed by atoms with Crippen LogP contribution in [-0.2, 0) is 10.0 Å². The van der Waals surface area contributed by atoms with E-state index >= 15 is 0 Å². The summed E-state index contributed by atoms with van der Waals surface area (Å²) in [5.74, 6) is 0. The van der Waals surface area contributed by atoms with Gasteiger partial charge in [-0.3, -0.25) is 4.68 Å². The first-order valence-corrected chi connectivity index (χ1v) is 5.99. The second kappa shape index (κ2) is 4.10. The maximum Gasteiger partial charge on any atom is 0.243 e. The summed E-state index contributed by atoms with van der Waals surface area (Å²) in [6.07, 6.45) is 2.89. The lowest BCUT2D eigenvalue weighted by Gasteiger charge is -2.03. The molecule has 0 amide bonds. The highest BCUT2D eigenvalue weighted by molar-refractivity contribution is 7.89. The van der Waals surface area contributed by atoms with Gasteiger partial charge in [-0.25, -0.2) is 13.1 Å². The van der Waals surface area contributed by atoms with Crippen LogP contribution in [0, 0.1) is 0 Å². The van der Waals surface area contributed by atoms with Crippen molar-refractivity contribution in [2.75, 3.05) is 6.54 Å². The maximum atomic E-state index is 11.5. The molecule has 1 aromatic rings. The molecule has 0 unspecified atom stereocenters. The van der Waals surface area contributed by atoms with Crippen molar-refractivity contribution in [3.05, 3.63) is 12.4 Å². The lowest BCUT2D eigenvalue weighted by atomic mass is 10.4. The Labute approximate surface area is 84.2 Å². The van der Waals surface area contributed by atoms with Gasteiger partial charge in [0.25, 0.3) is 0 Å². The molecule has 0 aliphatic carbocycles. The summed E-state index contributed by atoms with van der Waals surface area (Å²) < 4.78 is 27.0. The smallest absolute Gasteiger partial charge is 0.243 e. The van der Waals surface area contributed by atoms with Crippen LogP contribution in [-0.4, -0.2) is 24.7 Å². The Morgan fingerprint density at radius 2 is 2.21 bits per heavy atom. The van der Waals surface area contributed by atoms with Crippen molar-refractivity contribution in [2.24, 2.45) is 0 Å². The van der Waals surface area contributed by atoms with Crippen LogP contribution >= 0.6 is 0 Å². The van der Waals surface area contributed by atoms with E-state index in [-0.39, 0.29) is 10.9 Å². The zero-order valence-electron chi connectivity index (χ0n) is 8.56. The van der Waals surface area contributed by atoms with Gasteiger partial charge in [-0.2, -0.15) is 5.10 Å². The van der Waals surface area contributed by atoms with Gasteiger partial charge in [0.05, 0.1) is 6.20 Å². The zero-order valence-corrected chi connectivity index (χ0v) is 9.37. The van der Waals surface area contributed by atoms with E-state index < -0.39 is 10.0 Å². The standard InChI is InChI=1S/C8H15N3O2S/c1-4-10-14(12,13)8-5-9-11(6-8)7(2)3/h5-7,10H,4H2,1-3H3. The van der Waals surface area contributed by atoms with Crippen LogP contribution < -0.4 is 4.72 Å². The molecule has 0 saturated carbocycles. The first-order chi connectivity index (χ1) is 6.47. The van der Waals surface area contributed by atoms with E-state index in [0.29, 0.717) is 6.54 Å². The third-order valence-electron chi connectivity index (χ3n) is 1.75. The maximum absolute atomic E-state index is 11.5. The fourth-order valence-corrected chi connectivity index (χ4v) is 1.99. The van der Waals surface area contributed by atoms with Crippen molar-refractivity contribution in [3.8, 4) is 0 Å². The molecule has 0 atom stereocenters. The Morgan fingerprint density at radius 3 is 2.64 bits per heavy atom. The molecule has 0 fully saturated rings. The third kappa shape index (κ3) is 2.33. The number of hydrogen-bond acceptors (Lipinski definition) is 3. The molecule has 0 radical (unpaired) electrons. The van der Waals surface area contributed by atoms with Crippen molar-refractivity contribution >= 4 is 10.0 Å². The van der Waals surface area contributed by atoms with E-state index in [2.05, 4.69) is 9.82 Å². The van der Waals surface area contributed by atoms with Gasteiger partial charge in [-0.05, 0) is 13.8 Å². The van der Waals surface area contributed by atoms with Gasteiger partial charge in [0, 0.05) is 18.8 Å². The van der Waals surface area contributed by atoms with Crippen molar-refractivity contribution in [2.45, 2.75) is 31.7 Å². The van der Waals surface area contributed by atoms with E-state index in [4.69, 9.17) is 0 Å². The first kappa shape index (κ1) is 11.2. The van der Waals surface area contributed by atoms with Crippen molar-refractivity contribution in [1.82, 2.24) is 14.5 Å². The summed E-state index contributed by atoms with van der Waals surface area (Å²) in [7, 11) is -3.36. The summed E-state index contributed by atoms with van der Waals surface area (Å²) in [6.45, 7) is 6.01. The lowest BCUT2D eigenvalue weighted by molar-refractivity contribution is 0.531. The van der Waals surface area contributed by atoms with Gasteiger partial charge in [0.1, 0.15) is 4.90 Å². The van der Waals surface area contributed by atoms with Crippen LogP contribution in [0.15, 0.2) is 17.3 Å². The zero-order chi connectivity index (χ0) is 10.8. The summed E-state index contributed by atoms with van der Waals surface area (Å²) in [6, 6.07) is 0.167. The Kier molecular flexibility index (Phi) is 3.28. The fraction of sp³-hybridized carbons (Fsp3) is 0.625. The van der Waals surface area contributed by atoms with Crippen LogP contribution in [0.3, 0.4) is 0 Å². The van der Waals surface area contributed by atoms with Gasteiger partial charge in [-0.1, -0.05) is 6.92 Å². The lowest BCUT2D eigenvalue weighted by Crippen LogP contribution is -2.22. The topological polar surface area (TPSA) is 64.0 Å². The van der Waals surface area contributed by atoms with Crippen LogP contribution in [0.2, 0.25) is 0 Å². The van der Waals surface area contributed by atoms with Crippen LogP contribution in [0.25, 0.3) is 0 Å². The third-order valence-corrected chi connectivity index (χ3v) is 3.25. The highest BCUT2D eigenvalue weighted by Crippen LogP contribution is 2.10. The minimum absolute atomic E-state index is 0.167. The molecule has 0 aliphatic rings. The molecular formula is C8H15N3O2S. The molecule has 0 spiro atoms. The summed E-state index contributed by atoms with van der Waals surface area (Å²) >= 11 is 0. The molecule has 0 bridgehead atoms. The monoisotopic (exact) mass is 217 g/mol. The number of sulfonamides is 1. The predicted octanol–water partition coefficient (Wildman–Crippen LogP) is 0.762. The van der Waals surface area contributed by atoms with E-state index in [1.54, 1.807) is 11.6 Å². The van der Waals surface area contributed by atoms with Crippen LogP contribution in [0.4, 0.5) is 0 Å². The highest BCUT2D eigenvalue weighted by atomic mass is 32.2. The Balaban J connectivity index is 2.97. The highest BCUT2D eigenvalue weighted by Gasteiger charge is 2.15. The van der Waals surface area contributed by atoms with Crippen LogP contribution in [0.5, 0.6) is 0 Å². The molecule has 1 heterocycles. The van der Waals surface area contributed by atoms with Crippen molar-refractivity contribution in [3.63, 3.8) is 0 Å². The van der Waals surface area contributed by atoms with E-state index in [1.807, 2.05) is 13.8 Å². The largest absolute Gasteiger partial charge is 0.269 e. The fourth-order valence-electron chi connectivity index (χ4n) is 1.02. The molecule has 1 aromatic heterocycles. The van der Waals surface area contributed by atoms with Gasteiger partial charge < -0.3 is 0 Å². The molecule has 1 rings (SSSR count). The molecule has 0 saturated heterocycles. The van der Waals surface area contributed by atoms with Gasteiger partial charge in [0.2, 0.25) is 10.0 Å². The first-order valence-electron chi connectivity index (χ1n) is 4.51. The Morgan fingerprint density at radius 1 is 1.57 bits per heavy atom. The normalized spacial score (nSPS) is 12.3. The number of rotatable bonds is 4. The summed E-state index contributed by atoms with van der Waals surface area (Å²) in [5, 5.41) is 3.96. The van der Waals surface area contributed by atoms with Crippen molar-refractivity contribution < 1.29 is 8.42 Å². The second-order valence-corrected chi connectivity index (χ2v) is 5.02. The molecule has 1 N–H and O–H groups in total. The average molecular weight is 217 g/mol. The predicted molar refractivity (Wildman–Crippen MR) is 53.5 cm³/mol. The van der Waals surface area contributed by atoms with Gasteiger partial charge in [-0.15, -0.1) is 0 Å². The molecule has 0 aromatic carbocycles. The van der Waals surface area contributed by atoms with Crippen molar-refractivity contribution in [1.29, 1.82) is 0 Å². The summed E-state index contributed by atoms with van der Waals surface area (Å²) in [4.78, 5) is 0.216. The van der Waals surface area contributed by atoms with Gasteiger partial charge >= 0.3 is 0 Å². The quantitative estimate of drug-likeness (QED) is 0.810. The molecule has 5 nitrogen and oxygen atoms in total. The second-order valence-electron chi connectivity index (χ2n) is 3.25.